The summed E-state index contributed by atoms with van der Waals surface area (Å²) in [7, 11) is 0. The van der Waals surface area contributed by atoms with Crippen LogP contribution in [0, 0.1) is 11.7 Å². The molecule has 0 radical (unpaired) electrons. The van der Waals surface area contributed by atoms with E-state index in [9.17, 15) is 14.0 Å². The maximum absolute atomic E-state index is 12.9. The number of amides is 1. The van der Waals surface area contributed by atoms with Gasteiger partial charge >= 0.3 is 12.1 Å². The average Bonchev–Trinajstić information content (AvgIpc) is 3.34. The molecule has 0 unspecified atom stereocenters. The number of ether oxygens (including phenoxy) is 3. The van der Waals surface area contributed by atoms with Gasteiger partial charge in [0.2, 0.25) is 5.82 Å². The van der Waals surface area contributed by atoms with Crippen molar-refractivity contribution in [2.45, 2.75) is 32.7 Å². The predicted molar refractivity (Wildman–Crippen MR) is 116 cm³/mol. The first-order valence-electron chi connectivity index (χ1n) is 10.9. The summed E-state index contributed by atoms with van der Waals surface area (Å²) in [6, 6.07) is 15.0. The van der Waals surface area contributed by atoms with E-state index >= 15 is 0 Å². The van der Waals surface area contributed by atoms with E-state index in [0.29, 0.717) is 31.7 Å². The van der Waals surface area contributed by atoms with E-state index in [1.807, 2.05) is 30.3 Å². The molecule has 2 heterocycles. The second kappa shape index (κ2) is 11.3. The molecular formula is C24H24FN3O6. The molecule has 34 heavy (non-hydrogen) atoms. The minimum absolute atomic E-state index is 0.0297. The van der Waals surface area contributed by atoms with Gasteiger partial charge in [-0.15, -0.1) is 0 Å². The molecule has 0 atom stereocenters. The summed E-state index contributed by atoms with van der Waals surface area (Å²) in [5.74, 6) is -0.160. The smallest absolute Gasteiger partial charge is 0.410 e. The molecule has 1 aromatic heterocycles. The highest BCUT2D eigenvalue weighted by Gasteiger charge is 2.29. The molecule has 178 valence electrons. The van der Waals surface area contributed by atoms with Gasteiger partial charge in [-0.2, -0.15) is 4.98 Å². The van der Waals surface area contributed by atoms with Crippen LogP contribution < -0.4 is 4.74 Å². The van der Waals surface area contributed by atoms with Gasteiger partial charge in [-0.1, -0.05) is 35.5 Å². The third-order valence-electron chi connectivity index (χ3n) is 5.32. The summed E-state index contributed by atoms with van der Waals surface area (Å²) in [4.78, 5) is 30.4. The number of hydrogen-bond donors (Lipinski definition) is 0. The van der Waals surface area contributed by atoms with Crippen LogP contribution in [0.25, 0.3) is 0 Å². The summed E-state index contributed by atoms with van der Waals surface area (Å²) in [6.45, 7) is 0.921. The first-order chi connectivity index (χ1) is 16.6. The zero-order chi connectivity index (χ0) is 23.8. The molecule has 9 nitrogen and oxygen atoms in total. The Labute approximate surface area is 195 Å². The van der Waals surface area contributed by atoms with Crippen LogP contribution in [0.3, 0.4) is 0 Å². The van der Waals surface area contributed by atoms with E-state index in [1.165, 1.54) is 24.3 Å². The molecular weight excluding hydrogens is 445 g/mol. The van der Waals surface area contributed by atoms with Crippen molar-refractivity contribution in [3.8, 4) is 5.75 Å². The van der Waals surface area contributed by atoms with E-state index in [1.54, 1.807) is 4.90 Å². The van der Waals surface area contributed by atoms with Crippen molar-refractivity contribution in [2.75, 3.05) is 13.1 Å². The SMILES string of the molecule is O=C(OCc1nc(COc2ccc(F)cc2)no1)C1CCN(C(=O)OCc2ccccc2)CC1. The molecule has 2 aromatic carbocycles. The maximum Gasteiger partial charge on any atom is 0.410 e. The molecule has 0 saturated carbocycles. The lowest BCUT2D eigenvalue weighted by Gasteiger charge is -2.30. The quantitative estimate of drug-likeness (QED) is 0.458. The van der Waals surface area contributed by atoms with Crippen LogP contribution in [0.4, 0.5) is 9.18 Å². The fourth-order valence-corrected chi connectivity index (χ4v) is 3.45. The maximum atomic E-state index is 12.9. The number of hydrogen-bond acceptors (Lipinski definition) is 8. The molecule has 0 spiro atoms. The Balaban J connectivity index is 1.15. The number of aromatic nitrogens is 2. The molecule has 3 aromatic rings. The third kappa shape index (κ3) is 6.53. The van der Waals surface area contributed by atoms with Crippen LogP contribution >= 0.6 is 0 Å². The number of likely N-dealkylation sites (tertiary alicyclic amines) is 1. The summed E-state index contributed by atoms with van der Waals surface area (Å²) < 4.78 is 34.1. The number of piperidine rings is 1. The second-order valence-electron chi connectivity index (χ2n) is 7.76. The van der Waals surface area contributed by atoms with Crippen molar-refractivity contribution in [1.29, 1.82) is 0 Å². The Kier molecular flexibility index (Phi) is 7.69. The molecule has 10 heteroatoms. The molecule has 4 rings (SSSR count). The number of nitrogens with zero attached hydrogens (tertiary/aromatic N) is 3. The van der Waals surface area contributed by atoms with Gasteiger partial charge in [-0.05, 0) is 42.7 Å². The highest BCUT2D eigenvalue weighted by atomic mass is 19.1. The summed E-state index contributed by atoms with van der Waals surface area (Å²) in [5, 5.41) is 3.77. The lowest BCUT2D eigenvalue weighted by atomic mass is 9.97. The van der Waals surface area contributed by atoms with Crippen LogP contribution in [0.15, 0.2) is 59.1 Å². The Bertz CT molecular complexity index is 1080. The normalized spacial score (nSPS) is 14.0. The van der Waals surface area contributed by atoms with Crippen molar-refractivity contribution in [3.63, 3.8) is 0 Å². The second-order valence-corrected chi connectivity index (χ2v) is 7.76. The molecule has 0 aliphatic carbocycles. The molecule has 0 N–H and O–H groups in total. The van der Waals surface area contributed by atoms with E-state index in [2.05, 4.69) is 10.1 Å². The number of esters is 1. The largest absolute Gasteiger partial charge is 0.485 e. The number of rotatable bonds is 8. The standard InChI is InChI=1S/C24H24FN3O6/c25-19-6-8-20(9-7-19)31-15-21-26-22(34-27-21)16-32-23(29)18-10-12-28(13-11-18)24(30)33-14-17-4-2-1-3-5-17/h1-9,18H,10-16H2. The highest BCUT2D eigenvalue weighted by Crippen LogP contribution is 2.20. The Morgan fingerprint density at radius 3 is 2.44 bits per heavy atom. The van der Waals surface area contributed by atoms with Gasteiger partial charge in [0.25, 0.3) is 5.89 Å². The molecule has 1 aliphatic rings. The van der Waals surface area contributed by atoms with Crippen LogP contribution in [0.2, 0.25) is 0 Å². The van der Waals surface area contributed by atoms with Crippen molar-refractivity contribution < 1.29 is 32.7 Å². The van der Waals surface area contributed by atoms with Gasteiger partial charge in [0.1, 0.15) is 18.2 Å². The predicted octanol–water partition coefficient (Wildman–Crippen LogP) is 3.88. The first kappa shape index (κ1) is 23.2. The van der Waals surface area contributed by atoms with Crippen LogP contribution in [0.1, 0.15) is 30.1 Å². The lowest BCUT2D eigenvalue weighted by Crippen LogP contribution is -2.40. The minimum Gasteiger partial charge on any atom is -0.485 e. The lowest BCUT2D eigenvalue weighted by molar-refractivity contribution is -0.152. The highest BCUT2D eigenvalue weighted by molar-refractivity contribution is 5.73. The number of halogens is 1. The van der Waals surface area contributed by atoms with Crippen molar-refractivity contribution >= 4 is 12.1 Å². The van der Waals surface area contributed by atoms with E-state index in [0.717, 1.165) is 5.56 Å². The average molecular weight is 469 g/mol. The molecule has 1 saturated heterocycles. The van der Waals surface area contributed by atoms with Gasteiger partial charge in [-0.25, -0.2) is 9.18 Å². The zero-order valence-corrected chi connectivity index (χ0v) is 18.4. The Morgan fingerprint density at radius 2 is 1.71 bits per heavy atom. The van der Waals surface area contributed by atoms with Gasteiger partial charge in [-0.3, -0.25) is 4.79 Å². The van der Waals surface area contributed by atoms with Gasteiger partial charge in [0.15, 0.2) is 13.2 Å². The topological polar surface area (TPSA) is 104 Å². The van der Waals surface area contributed by atoms with Crippen LogP contribution in [-0.2, 0) is 34.1 Å². The first-order valence-corrected chi connectivity index (χ1v) is 10.9. The molecule has 1 amide bonds. The minimum atomic E-state index is -0.392. The van der Waals surface area contributed by atoms with Crippen LogP contribution in [-0.4, -0.2) is 40.2 Å². The Hall–Kier alpha value is -3.95. The van der Waals surface area contributed by atoms with E-state index < -0.39 is 6.09 Å². The monoisotopic (exact) mass is 469 g/mol. The summed E-state index contributed by atoms with van der Waals surface area (Å²) in [5.41, 5.74) is 0.917. The number of carbonyl (C=O) groups excluding carboxylic acids is 2. The van der Waals surface area contributed by atoms with E-state index in [4.69, 9.17) is 18.7 Å². The molecule has 0 bridgehead atoms. The van der Waals surface area contributed by atoms with Gasteiger partial charge in [0.05, 0.1) is 5.92 Å². The van der Waals surface area contributed by atoms with E-state index in [-0.39, 0.29) is 49.2 Å². The molecule has 1 aliphatic heterocycles. The van der Waals surface area contributed by atoms with Crippen molar-refractivity contribution in [2.24, 2.45) is 5.92 Å². The fraction of sp³-hybridized carbons (Fsp3) is 0.333. The zero-order valence-electron chi connectivity index (χ0n) is 18.4. The summed E-state index contributed by atoms with van der Waals surface area (Å²) in [6.07, 6.45) is 0.580. The van der Waals surface area contributed by atoms with Crippen molar-refractivity contribution in [3.05, 3.63) is 77.7 Å². The van der Waals surface area contributed by atoms with Gasteiger partial charge < -0.3 is 23.6 Å². The number of carbonyl (C=O) groups is 2. The third-order valence-corrected chi connectivity index (χ3v) is 5.32. The molecule has 1 fully saturated rings. The van der Waals surface area contributed by atoms with Gasteiger partial charge in [0, 0.05) is 13.1 Å². The van der Waals surface area contributed by atoms with Crippen LogP contribution in [0.5, 0.6) is 5.75 Å². The summed E-state index contributed by atoms with van der Waals surface area (Å²) >= 11 is 0. The number of benzene rings is 2. The Morgan fingerprint density at radius 1 is 0.971 bits per heavy atom. The fourth-order valence-electron chi connectivity index (χ4n) is 3.45. The van der Waals surface area contributed by atoms with Crippen molar-refractivity contribution in [1.82, 2.24) is 15.0 Å².